The van der Waals surface area contributed by atoms with Crippen molar-refractivity contribution in [3.8, 4) is 0 Å². The zero-order valence-electron chi connectivity index (χ0n) is 12.0. The Bertz CT molecular complexity index is 629. The molecule has 1 aromatic carbocycles. The fourth-order valence-electron chi connectivity index (χ4n) is 2.00. The lowest BCUT2D eigenvalue weighted by molar-refractivity contribution is 0.868. The molecule has 1 aromatic heterocycles. The molecule has 3 rings (SSSR count). The summed E-state index contributed by atoms with van der Waals surface area (Å²) in [6.45, 7) is 3.10. The van der Waals surface area contributed by atoms with Gasteiger partial charge in [0.05, 0.1) is 0 Å². The number of hydrogen-bond acceptors (Lipinski definition) is 4. The third kappa shape index (κ3) is 3.98. The van der Waals surface area contributed by atoms with Crippen molar-refractivity contribution in [3.63, 3.8) is 0 Å². The lowest BCUT2D eigenvalue weighted by Gasteiger charge is -2.09. The fraction of sp³-hybridized carbons (Fsp3) is 0.375. The predicted molar refractivity (Wildman–Crippen MR) is 91.1 cm³/mol. The number of rotatable bonds is 6. The zero-order valence-corrected chi connectivity index (χ0v) is 14.4. The third-order valence-corrected chi connectivity index (χ3v) is 5.22. The molecule has 0 saturated heterocycles. The van der Waals surface area contributed by atoms with Gasteiger partial charge >= 0.3 is 0 Å². The maximum Gasteiger partial charge on any atom is 0.135 e. The minimum absolute atomic E-state index is 0.562. The number of halogens is 1. The van der Waals surface area contributed by atoms with Gasteiger partial charge in [0.2, 0.25) is 0 Å². The van der Waals surface area contributed by atoms with Crippen LogP contribution in [0.1, 0.15) is 37.9 Å². The van der Waals surface area contributed by atoms with Gasteiger partial charge in [0, 0.05) is 27.9 Å². The van der Waals surface area contributed by atoms with Gasteiger partial charge in [-0.05, 0) is 47.3 Å². The first-order valence-electron chi connectivity index (χ1n) is 7.31. The summed E-state index contributed by atoms with van der Waals surface area (Å²) in [5.74, 6) is 2.50. The van der Waals surface area contributed by atoms with Crippen LogP contribution in [0.15, 0.2) is 44.7 Å². The lowest BCUT2D eigenvalue weighted by Crippen LogP contribution is -2.05. The van der Waals surface area contributed by atoms with Crippen LogP contribution in [0.2, 0.25) is 0 Å². The van der Waals surface area contributed by atoms with Crippen molar-refractivity contribution in [2.24, 2.45) is 0 Å². The Morgan fingerprint density at radius 3 is 2.81 bits per heavy atom. The summed E-state index contributed by atoms with van der Waals surface area (Å²) in [4.78, 5) is 10.6. The van der Waals surface area contributed by atoms with E-state index in [2.05, 4.69) is 45.3 Å². The van der Waals surface area contributed by atoms with E-state index in [0.29, 0.717) is 5.92 Å². The molecule has 1 N–H and O–H groups in total. The molecule has 0 aliphatic heterocycles. The van der Waals surface area contributed by atoms with Crippen LogP contribution in [0.5, 0.6) is 0 Å². The first kappa shape index (κ1) is 14.9. The molecule has 0 amide bonds. The minimum atomic E-state index is 0.562. The van der Waals surface area contributed by atoms with Gasteiger partial charge in [0.15, 0.2) is 0 Å². The van der Waals surface area contributed by atoms with Gasteiger partial charge in [-0.25, -0.2) is 9.97 Å². The highest BCUT2D eigenvalue weighted by molar-refractivity contribution is 9.10. The van der Waals surface area contributed by atoms with Gasteiger partial charge in [-0.3, -0.25) is 0 Å². The van der Waals surface area contributed by atoms with Crippen LogP contribution in [0.4, 0.5) is 5.82 Å². The number of benzene rings is 1. The molecule has 0 atom stereocenters. The van der Waals surface area contributed by atoms with Crippen LogP contribution in [-0.4, -0.2) is 16.5 Å². The highest BCUT2D eigenvalue weighted by atomic mass is 79.9. The van der Waals surface area contributed by atoms with Crippen molar-refractivity contribution in [2.75, 3.05) is 11.9 Å². The number of nitrogens with zero attached hydrogens (tertiary/aromatic N) is 2. The molecule has 2 aromatic rings. The Balaban J connectivity index is 1.86. The molecule has 1 saturated carbocycles. The van der Waals surface area contributed by atoms with Crippen molar-refractivity contribution in [2.45, 2.75) is 42.0 Å². The smallest absolute Gasteiger partial charge is 0.135 e. The Labute approximate surface area is 138 Å². The SMILES string of the molecule is CCCNc1cc(Sc2ccccc2Br)nc(C2CC2)n1. The summed E-state index contributed by atoms with van der Waals surface area (Å²) in [5.41, 5.74) is 0. The molecule has 0 unspecified atom stereocenters. The second-order valence-corrected chi connectivity index (χ2v) is 7.10. The Kier molecular flexibility index (Phi) is 4.80. The van der Waals surface area contributed by atoms with Crippen LogP contribution in [0.25, 0.3) is 0 Å². The van der Waals surface area contributed by atoms with Crippen LogP contribution < -0.4 is 5.32 Å². The van der Waals surface area contributed by atoms with Crippen molar-refractivity contribution in [1.29, 1.82) is 0 Å². The molecule has 0 spiro atoms. The summed E-state index contributed by atoms with van der Waals surface area (Å²) in [5, 5.41) is 4.39. The zero-order chi connectivity index (χ0) is 14.7. The number of hydrogen-bond donors (Lipinski definition) is 1. The van der Waals surface area contributed by atoms with E-state index in [1.807, 2.05) is 18.2 Å². The van der Waals surface area contributed by atoms with E-state index >= 15 is 0 Å². The van der Waals surface area contributed by atoms with E-state index in [1.54, 1.807) is 11.8 Å². The van der Waals surface area contributed by atoms with Crippen molar-refractivity contribution in [3.05, 3.63) is 40.6 Å². The molecule has 1 fully saturated rings. The van der Waals surface area contributed by atoms with E-state index in [0.717, 1.165) is 34.1 Å². The van der Waals surface area contributed by atoms with E-state index in [-0.39, 0.29) is 0 Å². The minimum Gasteiger partial charge on any atom is -0.370 e. The van der Waals surface area contributed by atoms with Gasteiger partial charge in [0.25, 0.3) is 0 Å². The molecule has 110 valence electrons. The summed E-state index contributed by atoms with van der Waals surface area (Å²) in [6, 6.07) is 10.3. The van der Waals surface area contributed by atoms with Crippen molar-refractivity contribution in [1.82, 2.24) is 9.97 Å². The summed E-state index contributed by atoms with van der Waals surface area (Å²) in [7, 11) is 0. The summed E-state index contributed by atoms with van der Waals surface area (Å²) >= 11 is 5.28. The third-order valence-electron chi connectivity index (χ3n) is 3.27. The van der Waals surface area contributed by atoms with Gasteiger partial charge in [-0.1, -0.05) is 30.8 Å². The molecule has 0 radical (unpaired) electrons. The Hall–Kier alpha value is -1.07. The highest BCUT2D eigenvalue weighted by Crippen LogP contribution is 2.40. The largest absolute Gasteiger partial charge is 0.370 e. The predicted octanol–water partition coefficient (Wildman–Crippen LogP) is 5.09. The molecule has 1 aliphatic carbocycles. The lowest BCUT2D eigenvalue weighted by atomic mass is 10.4. The summed E-state index contributed by atoms with van der Waals surface area (Å²) in [6.07, 6.45) is 3.53. The number of aromatic nitrogens is 2. The van der Waals surface area contributed by atoms with Crippen LogP contribution in [-0.2, 0) is 0 Å². The fourth-order valence-corrected chi connectivity index (χ4v) is 3.38. The van der Waals surface area contributed by atoms with Gasteiger partial charge in [0.1, 0.15) is 16.7 Å². The van der Waals surface area contributed by atoms with Crippen molar-refractivity contribution >= 4 is 33.5 Å². The average molecular weight is 364 g/mol. The maximum atomic E-state index is 4.73. The summed E-state index contributed by atoms with van der Waals surface area (Å²) < 4.78 is 1.10. The Morgan fingerprint density at radius 2 is 2.10 bits per heavy atom. The first-order chi connectivity index (χ1) is 10.3. The molecule has 21 heavy (non-hydrogen) atoms. The highest BCUT2D eigenvalue weighted by Gasteiger charge is 2.27. The van der Waals surface area contributed by atoms with Gasteiger partial charge in [-0.2, -0.15) is 0 Å². The van der Waals surface area contributed by atoms with Gasteiger partial charge in [-0.15, -0.1) is 0 Å². The topological polar surface area (TPSA) is 37.8 Å². The second-order valence-electron chi connectivity index (χ2n) is 5.18. The Morgan fingerprint density at radius 1 is 1.29 bits per heavy atom. The molecule has 0 bridgehead atoms. The van der Waals surface area contributed by atoms with Crippen LogP contribution in [0, 0.1) is 0 Å². The molecule has 1 aliphatic rings. The first-order valence-corrected chi connectivity index (χ1v) is 8.92. The normalized spacial score (nSPS) is 14.2. The molecule has 5 heteroatoms. The average Bonchev–Trinajstić information content (AvgIpc) is 3.32. The molecular formula is C16H18BrN3S. The maximum absolute atomic E-state index is 4.73. The van der Waals surface area contributed by atoms with E-state index < -0.39 is 0 Å². The van der Waals surface area contributed by atoms with Crippen LogP contribution >= 0.6 is 27.7 Å². The van der Waals surface area contributed by atoms with E-state index in [9.17, 15) is 0 Å². The van der Waals surface area contributed by atoms with E-state index in [4.69, 9.17) is 4.98 Å². The molecular weight excluding hydrogens is 346 g/mol. The van der Waals surface area contributed by atoms with Crippen LogP contribution in [0.3, 0.4) is 0 Å². The van der Waals surface area contributed by atoms with Crippen molar-refractivity contribution < 1.29 is 0 Å². The number of anilines is 1. The van der Waals surface area contributed by atoms with E-state index in [1.165, 1.54) is 17.7 Å². The number of nitrogens with one attached hydrogen (secondary N) is 1. The second kappa shape index (κ2) is 6.79. The molecule has 1 heterocycles. The molecule has 3 nitrogen and oxygen atoms in total. The van der Waals surface area contributed by atoms with Gasteiger partial charge < -0.3 is 5.32 Å². The monoisotopic (exact) mass is 363 g/mol. The quantitative estimate of drug-likeness (QED) is 0.725. The standard InChI is InChI=1S/C16H18BrN3S/c1-2-9-18-14-10-15(20-16(19-14)11-7-8-11)21-13-6-4-3-5-12(13)17/h3-6,10-11H,2,7-9H2,1H3,(H,18,19,20).